The summed E-state index contributed by atoms with van der Waals surface area (Å²) < 4.78 is 5.85. The average molecular weight is 331 g/mol. The highest BCUT2D eigenvalue weighted by molar-refractivity contribution is 6.32. The van der Waals surface area contributed by atoms with Crippen molar-refractivity contribution in [2.24, 2.45) is 5.92 Å². The minimum atomic E-state index is -0.00977. The Morgan fingerprint density at radius 1 is 1.09 bits per heavy atom. The molecule has 2 aromatic carbocycles. The van der Waals surface area contributed by atoms with Crippen molar-refractivity contribution < 1.29 is 9.53 Å². The van der Waals surface area contributed by atoms with Crippen LogP contribution in [0.25, 0.3) is 0 Å². The van der Waals surface area contributed by atoms with E-state index in [1.807, 2.05) is 42.5 Å². The number of rotatable bonds is 7. The van der Waals surface area contributed by atoms with Gasteiger partial charge >= 0.3 is 0 Å². The van der Waals surface area contributed by atoms with E-state index in [-0.39, 0.29) is 12.5 Å². The molecule has 0 bridgehead atoms. The molecule has 120 valence electrons. The van der Waals surface area contributed by atoms with Gasteiger partial charge in [0.25, 0.3) is 0 Å². The lowest BCUT2D eigenvalue weighted by molar-refractivity contribution is -0.119. The maximum absolute atomic E-state index is 11.8. The van der Waals surface area contributed by atoms with Crippen molar-refractivity contribution in [2.45, 2.75) is 12.8 Å². The van der Waals surface area contributed by atoms with Crippen LogP contribution >= 0.6 is 11.6 Å². The predicted molar refractivity (Wildman–Crippen MR) is 92.2 cm³/mol. The van der Waals surface area contributed by atoms with Crippen LogP contribution in [-0.2, 0) is 4.79 Å². The molecule has 4 nitrogen and oxygen atoms in total. The number of hydrogen-bond donors (Lipinski definition) is 2. The summed E-state index contributed by atoms with van der Waals surface area (Å²) in [6.07, 6.45) is 2.45. The number of hydrogen-bond acceptors (Lipinski definition) is 3. The molecule has 0 radical (unpaired) electrons. The molecule has 1 amide bonds. The van der Waals surface area contributed by atoms with Gasteiger partial charge in [0.1, 0.15) is 5.75 Å². The van der Waals surface area contributed by atoms with Gasteiger partial charge in [-0.15, -0.1) is 0 Å². The van der Waals surface area contributed by atoms with E-state index in [0.29, 0.717) is 22.4 Å². The predicted octanol–water partition coefficient (Wildman–Crippen LogP) is 4.07. The third-order valence-electron chi connectivity index (χ3n) is 3.67. The molecule has 0 spiro atoms. The van der Waals surface area contributed by atoms with Gasteiger partial charge in [-0.3, -0.25) is 4.79 Å². The topological polar surface area (TPSA) is 50.4 Å². The fourth-order valence-corrected chi connectivity index (χ4v) is 2.34. The van der Waals surface area contributed by atoms with E-state index in [9.17, 15) is 4.79 Å². The Balaban J connectivity index is 1.61. The molecule has 1 saturated carbocycles. The SMILES string of the molecule is O=C(CNc1ccccc1Oc1ccccc1Cl)NCC1CC1. The van der Waals surface area contributed by atoms with Crippen LogP contribution in [0.4, 0.5) is 5.69 Å². The molecule has 2 N–H and O–H groups in total. The van der Waals surface area contributed by atoms with Crippen LogP contribution in [-0.4, -0.2) is 19.0 Å². The Hall–Kier alpha value is -2.20. The van der Waals surface area contributed by atoms with E-state index < -0.39 is 0 Å². The summed E-state index contributed by atoms with van der Waals surface area (Å²) in [6.45, 7) is 0.994. The maximum Gasteiger partial charge on any atom is 0.239 e. The van der Waals surface area contributed by atoms with Crippen molar-refractivity contribution in [3.05, 3.63) is 53.6 Å². The molecule has 0 aliphatic heterocycles. The van der Waals surface area contributed by atoms with Crippen LogP contribution in [0.15, 0.2) is 48.5 Å². The minimum absolute atomic E-state index is 0.00977. The highest BCUT2D eigenvalue weighted by Crippen LogP contribution is 2.33. The Morgan fingerprint density at radius 2 is 1.78 bits per heavy atom. The number of benzene rings is 2. The normalized spacial score (nSPS) is 13.4. The fraction of sp³-hybridized carbons (Fsp3) is 0.278. The minimum Gasteiger partial charge on any atom is -0.454 e. The van der Waals surface area contributed by atoms with Gasteiger partial charge in [-0.1, -0.05) is 35.9 Å². The van der Waals surface area contributed by atoms with Crippen LogP contribution in [0, 0.1) is 5.92 Å². The van der Waals surface area contributed by atoms with Crippen molar-refractivity contribution in [1.82, 2.24) is 5.32 Å². The van der Waals surface area contributed by atoms with Gasteiger partial charge < -0.3 is 15.4 Å². The van der Waals surface area contributed by atoms with Gasteiger partial charge in [0.2, 0.25) is 5.91 Å². The van der Waals surface area contributed by atoms with Crippen LogP contribution in [0.2, 0.25) is 5.02 Å². The van der Waals surface area contributed by atoms with Gasteiger partial charge in [0.15, 0.2) is 5.75 Å². The summed E-state index contributed by atoms with van der Waals surface area (Å²) in [6, 6.07) is 14.8. The number of ether oxygens (including phenoxy) is 1. The first-order chi connectivity index (χ1) is 11.2. The Labute approximate surface area is 140 Å². The molecule has 1 aliphatic rings. The second kappa shape index (κ2) is 7.38. The molecule has 1 fully saturated rings. The lowest BCUT2D eigenvalue weighted by atomic mass is 10.3. The second-order valence-electron chi connectivity index (χ2n) is 5.63. The zero-order valence-electron chi connectivity index (χ0n) is 12.7. The summed E-state index contributed by atoms with van der Waals surface area (Å²) in [5, 5.41) is 6.59. The lowest BCUT2D eigenvalue weighted by Crippen LogP contribution is -2.31. The Kier molecular flexibility index (Phi) is 5.03. The molecule has 0 aromatic heterocycles. The van der Waals surface area contributed by atoms with Crippen molar-refractivity contribution >= 4 is 23.2 Å². The quantitative estimate of drug-likeness (QED) is 0.804. The Morgan fingerprint density at radius 3 is 2.52 bits per heavy atom. The van der Waals surface area contributed by atoms with E-state index in [1.165, 1.54) is 12.8 Å². The smallest absolute Gasteiger partial charge is 0.239 e. The van der Waals surface area contributed by atoms with Gasteiger partial charge in [0.05, 0.1) is 17.3 Å². The fourth-order valence-electron chi connectivity index (χ4n) is 2.17. The molecule has 3 rings (SSSR count). The largest absolute Gasteiger partial charge is 0.454 e. The van der Waals surface area contributed by atoms with E-state index in [4.69, 9.17) is 16.3 Å². The number of para-hydroxylation sites is 3. The monoisotopic (exact) mass is 330 g/mol. The number of carbonyl (C=O) groups excluding carboxylic acids is 1. The molecular formula is C18H19ClN2O2. The number of amides is 1. The first kappa shape index (κ1) is 15.7. The average Bonchev–Trinajstić information content (AvgIpc) is 3.38. The van der Waals surface area contributed by atoms with Crippen molar-refractivity contribution in [3.8, 4) is 11.5 Å². The molecule has 1 aliphatic carbocycles. The molecule has 0 saturated heterocycles. The standard InChI is InChI=1S/C18H19ClN2O2/c19-14-5-1-3-7-16(14)23-17-8-4-2-6-15(17)20-12-18(22)21-11-13-9-10-13/h1-8,13,20H,9-12H2,(H,21,22). The zero-order chi connectivity index (χ0) is 16.1. The maximum atomic E-state index is 11.8. The van der Waals surface area contributed by atoms with Crippen molar-refractivity contribution in [2.75, 3.05) is 18.4 Å². The van der Waals surface area contributed by atoms with Crippen LogP contribution in [0.5, 0.6) is 11.5 Å². The third-order valence-corrected chi connectivity index (χ3v) is 3.98. The van der Waals surface area contributed by atoms with Gasteiger partial charge in [-0.05, 0) is 43.0 Å². The van der Waals surface area contributed by atoms with E-state index in [1.54, 1.807) is 6.07 Å². The van der Waals surface area contributed by atoms with Crippen LogP contribution in [0.3, 0.4) is 0 Å². The zero-order valence-corrected chi connectivity index (χ0v) is 13.5. The number of nitrogens with one attached hydrogen (secondary N) is 2. The Bertz CT molecular complexity index is 686. The lowest BCUT2D eigenvalue weighted by Gasteiger charge is -2.13. The molecule has 23 heavy (non-hydrogen) atoms. The van der Waals surface area contributed by atoms with Crippen molar-refractivity contribution in [3.63, 3.8) is 0 Å². The van der Waals surface area contributed by atoms with Crippen LogP contribution < -0.4 is 15.4 Å². The molecule has 0 heterocycles. The summed E-state index contributed by atoms with van der Waals surface area (Å²) >= 11 is 6.12. The van der Waals surface area contributed by atoms with Gasteiger partial charge in [0, 0.05) is 6.54 Å². The number of halogens is 1. The third kappa shape index (κ3) is 4.63. The first-order valence-electron chi connectivity index (χ1n) is 7.74. The van der Waals surface area contributed by atoms with Gasteiger partial charge in [-0.25, -0.2) is 0 Å². The molecular weight excluding hydrogens is 312 g/mol. The molecule has 0 unspecified atom stereocenters. The van der Waals surface area contributed by atoms with E-state index >= 15 is 0 Å². The molecule has 5 heteroatoms. The highest BCUT2D eigenvalue weighted by atomic mass is 35.5. The second-order valence-corrected chi connectivity index (χ2v) is 6.04. The van der Waals surface area contributed by atoms with E-state index in [0.717, 1.165) is 12.2 Å². The number of carbonyl (C=O) groups is 1. The van der Waals surface area contributed by atoms with Gasteiger partial charge in [-0.2, -0.15) is 0 Å². The summed E-state index contributed by atoms with van der Waals surface area (Å²) in [7, 11) is 0. The molecule has 0 atom stereocenters. The first-order valence-corrected chi connectivity index (χ1v) is 8.12. The summed E-state index contributed by atoms with van der Waals surface area (Å²) in [5.41, 5.74) is 0.758. The molecule has 2 aromatic rings. The summed E-state index contributed by atoms with van der Waals surface area (Å²) in [5.74, 6) is 1.89. The highest BCUT2D eigenvalue weighted by Gasteiger charge is 2.21. The number of anilines is 1. The van der Waals surface area contributed by atoms with Crippen molar-refractivity contribution in [1.29, 1.82) is 0 Å². The van der Waals surface area contributed by atoms with Crippen LogP contribution in [0.1, 0.15) is 12.8 Å². The summed E-state index contributed by atoms with van der Waals surface area (Å²) in [4.78, 5) is 11.8. The van der Waals surface area contributed by atoms with E-state index in [2.05, 4.69) is 10.6 Å².